The van der Waals surface area contributed by atoms with E-state index in [9.17, 15) is 0 Å². The normalized spacial score (nSPS) is 11.3. The third-order valence-corrected chi connectivity index (χ3v) is 5.19. The molecule has 0 unspecified atom stereocenters. The van der Waals surface area contributed by atoms with Gasteiger partial charge in [-0.3, -0.25) is 0 Å². The van der Waals surface area contributed by atoms with Gasteiger partial charge in [0.1, 0.15) is 0 Å². The van der Waals surface area contributed by atoms with E-state index in [4.69, 9.17) is 0 Å². The molecule has 3 aromatic rings. The smallest absolute Gasteiger partial charge is 0.0155 e. The number of allylic oxidation sites excluding steroid dienone is 5. The molecule has 3 aromatic carbocycles. The van der Waals surface area contributed by atoms with Gasteiger partial charge in [0.25, 0.3) is 0 Å². The third kappa shape index (κ3) is 9.41. The Morgan fingerprint density at radius 1 is 0.686 bits per heavy atom. The number of hydrogen-bond acceptors (Lipinski definition) is 0. The second kappa shape index (κ2) is 16.3. The molecule has 0 radical (unpaired) electrons. The van der Waals surface area contributed by atoms with Gasteiger partial charge in [-0.2, -0.15) is 0 Å². The minimum absolute atomic E-state index is 1.08. The largest absolute Gasteiger partial charge is 0.100 e. The van der Waals surface area contributed by atoms with Crippen molar-refractivity contribution in [3.63, 3.8) is 0 Å². The molecule has 0 amide bonds. The van der Waals surface area contributed by atoms with E-state index in [2.05, 4.69) is 111 Å². The Morgan fingerprint density at radius 2 is 1.26 bits per heavy atom. The fourth-order valence-electron chi connectivity index (χ4n) is 3.66. The topological polar surface area (TPSA) is 0 Å². The lowest BCUT2D eigenvalue weighted by Gasteiger charge is -2.15. The van der Waals surface area contributed by atoms with Gasteiger partial charge in [-0.15, -0.1) is 6.58 Å². The molecule has 0 fully saturated rings. The fraction of sp³-hybridized carbons (Fsp3) is 0.257. The predicted molar refractivity (Wildman–Crippen MR) is 161 cm³/mol. The van der Waals surface area contributed by atoms with Crippen LogP contribution in [0.3, 0.4) is 0 Å². The van der Waals surface area contributed by atoms with Gasteiger partial charge in [0, 0.05) is 0 Å². The number of benzene rings is 3. The Labute approximate surface area is 215 Å². The number of aryl methyl sites for hydroxylation is 1. The summed E-state index contributed by atoms with van der Waals surface area (Å²) < 4.78 is 0. The van der Waals surface area contributed by atoms with E-state index < -0.39 is 0 Å². The van der Waals surface area contributed by atoms with Gasteiger partial charge in [-0.25, -0.2) is 0 Å². The zero-order valence-corrected chi connectivity index (χ0v) is 23.0. The highest BCUT2D eigenvalue weighted by atomic mass is 14.2. The van der Waals surface area contributed by atoms with Gasteiger partial charge in [0.05, 0.1) is 0 Å². The van der Waals surface area contributed by atoms with Crippen LogP contribution < -0.4 is 0 Å². The first-order valence-corrected chi connectivity index (χ1v) is 12.9. The molecule has 0 bridgehead atoms. The Balaban J connectivity index is 0.000000684. The molecule has 0 nitrogen and oxygen atoms in total. The van der Waals surface area contributed by atoms with E-state index in [1.165, 1.54) is 44.5 Å². The van der Waals surface area contributed by atoms with E-state index in [0.29, 0.717) is 0 Å². The van der Waals surface area contributed by atoms with E-state index in [1.807, 2.05) is 41.5 Å². The standard InChI is InChI=1S/C27H24.C4H8.2C2H6/c1-20-11-9-10-16-27(20)21(2)24-17-25(22-12-5-3-6-13-22)19-26(18-24)23-14-7-4-8-15-23;1-4(2)3;2*1-2/h3,5-7,9-19H,2,4,8H2,1H3;1H2,2-3H3;2*1-2H3. The van der Waals surface area contributed by atoms with Crippen molar-refractivity contribution in [3.05, 3.63) is 132 Å². The Morgan fingerprint density at radius 3 is 1.83 bits per heavy atom. The average molecular weight is 465 g/mol. The van der Waals surface area contributed by atoms with Gasteiger partial charge in [0.2, 0.25) is 0 Å². The van der Waals surface area contributed by atoms with Crippen LogP contribution in [0.1, 0.15) is 76.6 Å². The molecule has 1 aliphatic rings. The van der Waals surface area contributed by atoms with Crippen LogP contribution in [0.15, 0.2) is 110 Å². The summed E-state index contributed by atoms with van der Waals surface area (Å²) >= 11 is 0. The highest BCUT2D eigenvalue weighted by molar-refractivity contribution is 5.86. The molecule has 4 rings (SSSR count). The average Bonchev–Trinajstić information content (AvgIpc) is 2.91. The predicted octanol–water partition coefficient (Wildman–Crippen LogP) is 11.1. The first-order valence-electron chi connectivity index (χ1n) is 12.9. The summed E-state index contributed by atoms with van der Waals surface area (Å²) in [7, 11) is 0. The summed E-state index contributed by atoms with van der Waals surface area (Å²) in [5, 5.41) is 0. The van der Waals surface area contributed by atoms with Crippen molar-refractivity contribution < 1.29 is 0 Å². The fourth-order valence-corrected chi connectivity index (χ4v) is 3.66. The molecule has 0 aromatic heterocycles. The maximum atomic E-state index is 4.44. The minimum Gasteiger partial charge on any atom is -0.100 e. The third-order valence-electron chi connectivity index (χ3n) is 5.19. The van der Waals surface area contributed by atoms with Gasteiger partial charge in [0.15, 0.2) is 0 Å². The summed E-state index contributed by atoms with van der Waals surface area (Å²) in [4.78, 5) is 0. The molecular weight excluding hydrogens is 420 g/mol. The van der Waals surface area contributed by atoms with Crippen LogP contribution >= 0.6 is 0 Å². The van der Waals surface area contributed by atoms with Crippen molar-refractivity contribution in [1.82, 2.24) is 0 Å². The van der Waals surface area contributed by atoms with Gasteiger partial charge in [-0.1, -0.05) is 113 Å². The quantitative estimate of drug-likeness (QED) is 0.337. The molecule has 0 spiro atoms. The van der Waals surface area contributed by atoms with E-state index in [0.717, 1.165) is 18.4 Å². The monoisotopic (exact) mass is 464 g/mol. The highest BCUT2D eigenvalue weighted by Gasteiger charge is 2.11. The summed E-state index contributed by atoms with van der Waals surface area (Å²) in [6.45, 7) is 22.1. The molecule has 184 valence electrons. The number of hydrogen-bond donors (Lipinski definition) is 0. The second-order valence-corrected chi connectivity index (χ2v) is 8.30. The van der Waals surface area contributed by atoms with Crippen LogP contribution in [-0.2, 0) is 0 Å². The van der Waals surface area contributed by atoms with Crippen LogP contribution in [0.4, 0.5) is 0 Å². The lowest BCUT2D eigenvalue weighted by Crippen LogP contribution is -1.94. The molecular formula is C35H44. The first kappa shape index (κ1) is 29.7. The van der Waals surface area contributed by atoms with Crippen molar-refractivity contribution in [2.45, 2.75) is 61.3 Å². The molecule has 35 heavy (non-hydrogen) atoms. The molecule has 0 saturated heterocycles. The molecule has 0 atom stereocenters. The van der Waals surface area contributed by atoms with Gasteiger partial charge < -0.3 is 0 Å². The van der Waals surface area contributed by atoms with Crippen LogP contribution in [0.25, 0.3) is 22.3 Å². The van der Waals surface area contributed by atoms with Crippen molar-refractivity contribution in [3.8, 4) is 11.1 Å². The van der Waals surface area contributed by atoms with E-state index >= 15 is 0 Å². The summed E-state index contributed by atoms with van der Waals surface area (Å²) in [6.07, 6.45) is 9.08. The van der Waals surface area contributed by atoms with Gasteiger partial charge >= 0.3 is 0 Å². The maximum Gasteiger partial charge on any atom is -0.0155 e. The Kier molecular flexibility index (Phi) is 13.8. The van der Waals surface area contributed by atoms with Crippen LogP contribution in [0.2, 0.25) is 0 Å². The molecule has 0 N–H and O–H groups in total. The van der Waals surface area contributed by atoms with Crippen LogP contribution in [0, 0.1) is 6.92 Å². The number of rotatable bonds is 4. The molecule has 0 aliphatic heterocycles. The Bertz CT molecular complexity index is 1120. The van der Waals surface area contributed by atoms with Crippen molar-refractivity contribution in [2.75, 3.05) is 0 Å². The molecule has 0 heteroatoms. The van der Waals surface area contributed by atoms with E-state index in [1.54, 1.807) is 0 Å². The zero-order valence-electron chi connectivity index (χ0n) is 23.0. The summed E-state index contributed by atoms with van der Waals surface area (Å²) in [6, 6.07) is 25.9. The minimum atomic E-state index is 1.08. The van der Waals surface area contributed by atoms with E-state index in [-0.39, 0.29) is 0 Å². The maximum absolute atomic E-state index is 4.44. The van der Waals surface area contributed by atoms with Crippen molar-refractivity contribution in [2.24, 2.45) is 0 Å². The molecule has 0 heterocycles. The second-order valence-electron chi connectivity index (χ2n) is 8.30. The summed E-state index contributed by atoms with van der Waals surface area (Å²) in [5.74, 6) is 0. The van der Waals surface area contributed by atoms with Crippen molar-refractivity contribution >= 4 is 11.1 Å². The molecule has 0 saturated carbocycles. The zero-order chi connectivity index (χ0) is 26.2. The lowest BCUT2D eigenvalue weighted by molar-refractivity contribution is 1.04. The van der Waals surface area contributed by atoms with Crippen molar-refractivity contribution in [1.29, 1.82) is 0 Å². The van der Waals surface area contributed by atoms with Crippen LogP contribution in [0.5, 0.6) is 0 Å². The van der Waals surface area contributed by atoms with Gasteiger partial charge in [-0.05, 0) is 96.3 Å². The first-order chi connectivity index (χ1) is 17.0. The Hall–Kier alpha value is -3.38. The SMILES string of the molecule is C=C(C)C.C=C(c1cc(C2=CCCC=C2)cc(-c2ccccc2)c1)c1ccccc1C.CC.CC. The lowest BCUT2D eigenvalue weighted by atomic mass is 9.89. The highest BCUT2D eigenvalue weighted by Crippen LogP contribution is 2.33. The van der Waals surface area contributed by atoms with Crippen LogP contribution in [-0.4, -0.2) is 0 Å². The summed E-state index contributed by atoms with van der Waals surface area (Å²) in [5.41, 5.74) is 10.9. The molecule has 1 aliphatic carbocycles.